The number of rotatable bonds is 2. The zero-order valence-electron chi connectivity index (χ0n) is 9.82. The van der Waals surface area contributed by atoms with Crippen LogP contribution in [0.1, 0.15) is 20.8 Å². The van der Waals surface area contributed by atoms with Crippen LogP contribution < -0.4 is 0 Å². The van der Waals surface area contributed by atoms with E-state index in [4.69, 9.17) is 14.2 Å². The Balaban J connectivity index is 2.78. The van der Waals surface area contributed by atoms with Crippen LogP contribution in [0.5, 0.6) is 0 Å². The zero-order chi connectivity index (χ0) is 13.2. The lowest BCUT2D eigenvalue weighted by molar-refractivity contribution is -0.285. The van der Waals surface area contributed by atoms with Gasteiger partial charge >= 0.3 is 11.9 Å². The second kappa shape index (κ2) is 5.44. The van der Waals surface area contributed by atoms with Gasteiger partial charge in [0.25, 0.3) is 0 Å². The molecular formula is C10H16O7. The Morgan fingerprint density at radius 2 is 1.53 bits per heavy atom. The van der Waals surface area contributed by atoms with E-state index in [1.165, 1.54) is 13.8 Å². The molecule has 98 valence electrons. The molecule has 0 aromatic heterocycles. The second-order valence-electron chi connectivity index (χ2n) is 3.87. The number of carbonyl (C=O) groups is 2. The lowest BCUT2D eigenvalue weighted by Crippen LogP contribution is -2.59. The molecule has 0 spiro atoms. The maximum Gasteiger partial charge on any atom is 0.303 e. The van der Waals surface area contributed by atoms with Crippen molar-refractivity contribution in [1.82, 2.24) is 0 Å². The molecule has 1 saturated heterocycles. The molecule has 17 heavy (non-hydrogen) atoms. The number of hydrogen-bond acceptors (Lipinski definition) is 7. The molecule has 7 heteroatoms. The Morgan fingerprint density at radius 3 is 2.00 bits per heavy atom. The second-order valence-corrected chi connectivity index (χ2v) is 3.87. The van der Waals surface area contributed by atoms with Crippen LogP contribution in [-0.4, -0.2) is 52.9 Å². The summed E-state index contributed by atoms with van der Waals surface area (Å²) in [5.41, 5.74) is 0. The van der Waals surface area contributed by atoms with Crippen LogP contribution in [0.15, 0.2) is 0 Å². The number of carbonyl (C=O) groups excluding carboxylic acids is 2. The molecule has 7 nitrogen and oxygen atoms in total. The van der Waals surface area contributed by atoms with Crippen molar-refractivity contribution in [2.24, 2.45) is 0 Å². The van der Waals surface area contributed by atoms with Crippen LogP contribution in [0.2, 0.25) is 0 Å². The quantitative estimate of drug-likeness (QED) is 0.601. The van der Waals surface area contributed by atoms with Crippen molar-refractivity contribution >= 4 is 11.9 Å². The van der Waals surface area contributed by atoms with Gasteiger partial charge in [0.1, 0.15) is 6.10 Å². The molecule has 1 heterocycles. The van der Waals surface area contributed by atoms with Gasteiger partial charge in [-0.25, -0.2) is 0 Å². The first-order valence-electron chi connectivity index (χ1n) is 5.19. The standard InChI is InChI=1S/C10H16O7/c1-4-8(16-5(2)11)7(13)9(10(14)15-4)17-6(3)12/h4,7-10,13-14H,1-3H3/t4-,7+,8-,9+,10+/m0/s1. The van der Waals surface area contributed by atoms with Gasteiger partial charge in [-0.15, -0.1) is 0 Å². The predicted octanol–water partition coefficient (Wildman–Crippen LogP) is -1.05. The summed E-state index contributed by atoms with van der Waals surface area (Å²) in [7, 11) is 0. The third-order valence-electron chi connectivity index (χ3n) is 2.38. The van der Waals surface area contributed by atoms with E-state index in [1.807, 2.05) is 0 Å². The van der Waals surface area contributed by atoms with Crippen LogP contribution in [0.4, 0.5) is 0 Å². The fraction of sp³-hybridized carbons (Fsp3) is 0.800. The van der Waals surface area contributed by atoms with Crippen LogP contribution in [0.25, 0.3) is 0 Å². The molecule has 5 atom stereocenters. The minimum Gasteiger partial charge on any atom is -0.457 e. The number of esters is 2. The highest BCUT2D eigenvalue weighted by molar-refractivity contribution is 5.67. The Bertz CT molecular complexity index is 275. The molecule has 0 aromatic rings. The van der Waals surface area contributed by atoms with E-state index in [0.29, 0.717) is 0 Å². The Kier molecular flexibility index (Phi) is 4.44. The first-order chi connectivity index (χ1) is 7.82. The molecule has 0 amide bonds. The van der Waals surface area contributed by atoms with E-state index in [2.05, 4.69) is 0 Å². The fourth-order valence-electron chi connectivity index (χ4n) is 1.68. The molecule has 0 aliphatic carbocycles. The van der Waals surface area contributed by atoms with Gasteiger partial charge in [0.15, 0.2) is 18.5 Å². The number of aliphatic hydroxyl groups excluding tert-OH is 2. The Morgan fingerprint density at radius 1 is 1.06 bits per heavy atom. The van der Waals surface area contributed by atoms with Crippen molar-refractivity contribution in [2.45, 2.75) is 51.5 Å². The summed E-state index contributed by atoms with van der Waals surface area (Å²) in [5, 5.41) is 19.4. The van der Waals surface area contributed by atoms with Crippen molar-refractivity contribution < 1.29 is 34.0 Å². The molecule has 0 aromatic carbocycles. The largest absolute Gasteiger partial charge is 0.457 e. The van der Waals surface area contributed by atoms with Gasteiger partial charge in [0.2, 0.25) is 0 Å². The smallest absolute Gasteiger partial charge is 0.303 e. The first kappa shape index (κ1) is 13.9. The van der Waals surface area contributed by atoms with Gasteiger partial charge in [-0.3, -0.25) is 9.59 Å². The highest BCUT2D eigenvalue weighted by Gasteiger charge is 2.46. The fourth-order valence-corrected chi connectivity index (χ4v) is 1.68. The molecule has 1 fully saturated rings. The van der Waals surface area contributed by atoms with E-state index in [-0.39, 0.29) is 0 Å². The summed E-state index contributed by atoms with van der Waals surface area (Å²) in [5.74, 6) is -1.27. The molecule has 1 rings (SSSR count). The van der Waals surface area contributed by atoms with Gasteiger partial charge in [-0.1, -0.05) is 0 Å². The van der Waals surface area contributed by atoms with E-state index >= 15 is 0 Å². The van der Waals surface area contributed by atoms with Crippen molar-refractivity contribution in [3.63, 3.8) is 0 Å². The van der Waals surface area contributed by atoms with E-state index in [0.717, 1.165) is 6.92 Å². The van der Waals surface area contributed by atoms with Crippen LogP contribution in [-0.2, 0) is 23.8 Å². The SMILES string of the molecule is CC(=O)O[C@@H]1[C@@H](O)[C@@H](OC(C)=O)[C@H](O)O[C@H]1C. The summed E-state index contributed by atoms with van der Waals surface area (Å²) < 4.78 is 14.6. The van der Waals surface area contributed by atoms with Gasteiger partial charge in [-0.05, 0) is 6.92 Å². The molecule has 2 N–H and O–H groups in total. The van der Waals surface area contributed by atoms with Crippen LogP contribution in [0.3, 0.4) is 0 Å². The third-order valence-corrected chi connectivity index (χ3v) is 2.38. The van der Waals surface area contributed by atoms with E-state index in [1.54, 1.807) is 0 Å². The topological polar surface area (TPSA) is 102 Å². The van der Waals surface area contributed by atoms with Crippen LogP contribution in [0, 0.1) is 0 Å². The van der Waals surface area contributed by atoms with Gasteiger partial charge in [0, 0.05) is 13.8 Å². The minimum absolute atomic E-state index is 0.595. The summed E-state index contributed by atoms with van der Waals surface area (Å²) in [6.45, 7) is 3.85. The summed E-state index contributed by atoms with van der Waals surface area (Å²) in [6.07, 6.45) is -5.73. The number of ether oxygens (including phenoxy) is 3. The van der Waals surface area contributed by atoms with Gasteiger partial charge in [-0.2, -0.15) is 0 Å². The lowest BCUT2D eigenvalue weighted by atomic mass is 9.99. The third kappa shape index (κ3) is 3.39. The van der Waals surface area contributed by atoms with Crippen LogP contribution >= 0.6 is 0 Å². The highest BCUT2D eigenvalue weighted by Crippen LogP contribution is 2.24. The lowest BCUT2D eigenvalue weighted by Gasteiger charge is -2.40. The van der Waals surface area contributed by atoms with Crippen molar-refractivity contribution in [2.75, 3.05) is 0 Å². The molecule has 0 bridgehead atoms. The molecule has 0 saturated carbocycles. The van der Waals surface area contributed by atoms with E-state index < -0.39 is 42.6 Å². The molecule has 0 unspecified atom stereocenters. The molecular weight excluding hydrogens is 232 g/mol. The maximum absolute atomic E-state index is 10.9. The molecule has 1 aliphatic rings. The number of hydrogen-bond donors (Lipinski definition) is 2. The maximum atomic E-state index is 10.9. The monoisotopic (exact) mass is 248 g/mol. The average molecular weight is 248 g/mol. The normalized spacial score (nSPS) is 37.4. The first-order valence-corrected chi connectivity index (χ1v) is 5.19. The van der Waals surface area contributed by atoms with E-state index in [9.17, 15) is 19.8 Å². The van der Waals surface area contributed by atoms with Crippen molar-refractivity contribution in [3.05, 3.63) is 0 Å². The average Bonchev–Trinajstić information content (AvgIpc) is 2.18. The minimum atomic E-state index is -1.45. The van der Waals surface area contributed by atoms with Gasteiger partial charge in [0.05, 0.1) is 6.10 Å². The Labute approximate surface area is 98.3 Å². The van der Waals surface area contributed by atoms with Crippen molar-refractivity contribution in [1.29, 1.82) is 0 Å². The predicted molar refractivity (Wildman–Crippen MR) is 53.7 cm³/mol. The van der Waals surface area contributed by atoms with Crippen molar-refractivity contribution in [3.8, 4) is 0 Å². The summed E-state index contributed by atoms with van der Waals surface area (Å²) in [6, 6.07) is 0. The summed E-state index contributed by atoms with van der Waals surface area (Å²) in [4.78, 5) is 21.7. The highest BCUT2D eigenvalue weighted by atomic mass is 16.7. The number of aliphatic hydroxyl groups is 2. The zero-order valence-corrected chi connectivity index (χ0v) is 9.82. The summed E-state index contributed by atoms with van der Waals surface area (Å²) >= 11 is 0. The molecule has 1 aliphatic heterocycles. The Hall–Kier alpha value is -1.18. The molecule has 0 radical (unpaired) electrons. The van der Waals surface area contributed by atoms with Gasteiger partial charge < -0.3 is 24.4 Å².